The molecule has 2 fully saturated rings. The molecule has 2 atom stereocenters. The Morgan fingerprint density at radius 1 is 1.24 bits per heavy atom. The van der Waals surface area contributed by atoms with Crippen molar-refractivity contribution in [1.29, 1.82) is 0 Å². The quantitative estimate of drug-likeness (QED) is 0.780. The van der Waals surface area contributed by atoms with Crippen molar-refractivity contribution in [2.75, 3.05) is 20.1 Å². The molecule has 2 heterocycles. The van der Waals surface area contributed by atoms with E-state index in [0.29, 0.717) is 12.1 Å². The number of hydrogen-bond donors (Lipinski definition) is 2. The number of likely N-dealkylation sites (tertiary alicyclic amines) is 1. The molecule has 4 nitrogen and oxygen atoms in total. The van der Waals surface area contributed by atoms with E-state index in [2.05, 4.69) is 16.8 Å². The molecule has 2 aliphatic rings. The van der Waals surface area contributed by atoms with Crippen LogP contribution < -0.4 is 5.46 Å². The molecular formula is C15H22BFN2O2. The highest BCUT2D eigenvalue weighted by Gasteiger charge is 2.34. The van der Waals surface area contributed by atoms with Gasteiger partial charge in [-0.2, -0.15) is 0 Å². The molecule has 1 aromatic carbocycles. The van der Waals surface area contributed by atoms with Crippen LogP contribution in [0.25, 0.3) is 0 Å². The maximum absolute atomic E-state index is 13.5. The largest absolute Gasteiger partial charge is 0.491 e. The second-order valence-electron chi connectivity index (χ2n) is 6.30. The van der Waals surface area contributed by atoms with Crippen LogP contribution in [-0.2, 0) is 6.54 Å². The maximum atomic E-state index is 13.5. The average molecular weight is 292 g/mol. The first-order valence-corrected chi connectivity index (χ1v) is 7.63. The number of nitrogens with zero attached hydrogens (tertiary/aromatic N) is 2. The van der Waals surface area contributed by atoms with E-state index in [9.17, 15) is 14.4 Å². The standard InChI is InChI=1S/C15H22BFN2O2/c1-18-12-3-4-13(18)10-19(7-6-12)9-11-2-5-15(17)14(8-11)16(20)21/h2,5,8,12-13,20-21H,3-4,6-7,9-10H2,1H3. The van der Waals surface area contributed by atoms with Crippen molar-refractivity contribution < 1.29 is 14.4 Å². The molecule has 2 saturated heterocycles. The van der Waals surface area contributed by atoms with Gasteiger partial charge in [0.05, 0.1) is 0 Å². The SMILES string of the molecule is CN1C2CCC1CN(Cc1ccc(F)c(B(O)O)c1)CC2. The third kappa shape index (κ3) is 3.13. The number of benzene rings is 1. The van der Waals surface area contributed by atoms with E-state index in [4.69, 9.17) is 0 Å². The lowest BCUT2D eigenvalue weighted by atomic mass is 9.79. The lowest BCUT2D eigenvalue weighted by Gasteiger charge is -2.25. The monoisotopic (exact) mass is 292 g/mol. The summed E-state index contributed by atoms with van der Waals surface area (Å²) in [7, 11) is 0.459. The molecule has 3 rings (SSSR count). The lowest BCUT2D eigenvalue weighted by Crippen LogP contribution is -2.37. The van der Waals surface area contributed by atoms with Crippen molar-refractivity contribution in [2.24, 2.45) is 0 Å². The molecule has 2 unspecified atom stereocenters. The number of rotatable bonds is 3. The zero-order valence-corrected chi connectivity index (χ0v) is 12.4. The maximum Gasteiger partial charge on any atom is 0.491 e. The smallest absolute Gasteiger partial charge is 0.423 e. The zero-order valence-electron chi connectivity index (χ0n) is 12.4. The van der Waals surface area contributed by atoms with Gasteiger partial charge in [0, 0.05) is 37.2 Å². The van der Waals surface area contributed by atoms with Gasteiger partial charge in [-0.25, -0.2) is 4.39 Å². The molecule has 0 radical (unpaired) electrons. The van der Waals surface area contributed by atoms with E-state index in [-0.39, 0.29) is 5.46 Å². The van der Waals surface area contributed by atoms with E-state index in [1.165, 1.54) is 25.3 Å². The van der Waals surface area contributed by atoms with Crippen LogP contribution in [0.1, 0.15) is 24.8 Å². The summed E-state index contributed by atoms with van der Waals surface area (Å²) in [5.41, 5.74) is 0.890. The summed E-state index contributed by atoms with van der Waals surface area (Å²) in [6.45, 7) is 2.80. The first-order valence-electron chi connectivity index (χ1n) is 7.63. The van der Waals surface area contributed by atoms with Crippen molar-refractivity contribution in [3.63, 3.8) is 0 Å². The molecule has 0 amide bonds. The predicted molar refractivity (Wildman–Crippen MR) is 80.7 cm³/mol. The third-order valence-corrected chi connectivity index (χ3v) is 4.98. The molecule has 21 heavy (non-hydrogen) atoms. The molecule has 0 spiro atoms. The Balaban J connectivity index is 1.71. The molecule has 0 aromatic heterocycles. The van der Waals surface area contributed by atoms with E-state index < -0.39 is 12.9 Å². The first kappa shape index (κ1) is 15.0. The Morgan fingerprint density at radius 3 is 2.76 bits per heavy atom. The van der Waals surface area contributed by atoms with Crippen molar-refractivity contribution in [1.82, 2.24) is 9.80 Å². The summed E-state index contributed by atoms with van der Waals surface area (Å²) in [4.78, 5) is 4.88. The fraction of sp³-hybridized carbons (Fsp3) is 0.600. The Hall–Kier alpha value is -0.945. The Labute approximate surface area is 125 Å². The number of halogens is 1. The highest BCUT2D eigenvalue weighted by Crippen LogP contribution is 2.28. The Kier molecular flexibility index (Phi) is 4.31. The Bertz CT molecular complexity index is 514. The van der Waals surface area contributed by atoms with E-state index in [0.717, 1.165) is 25.2 Å². The van der Waals surface area contributed by atoms with Gasteiger partial charge < -0.3 is 10.0 Å². The normalized spacial score (nSPS) is 26.9. The molecular weight excluding hydrogens is 270 g/mol. The van der Waals surface area contributed by atoms with Gasteiger partial charge in [0.15, 0.2) is 0 Å². The van der Waals surface area contributed by atoms with Gasteiger partial charge in [-0.3, -0.25) is 9.80 Å². The van der Waals surface area contributed by atoms with Gasteiger partial charge in [0.25, 0.3) is 0 Å². The number of hydrogen-bond acceptors (Lipinski definition) is 4. The van der Waals surface area contributed by atoms with Gasteiger partial charge in [-0.15, -0.1) is 0 Å². The summed E-state index contributed by atoms with van der Waals surface area (Å²) in [5, 5.41) is 18.4. The fourth-order valence-corrected chi connectivity index (χ4v) is 3.67. The molecule has 114 valence electrons. The molecule has 0 saturated carbocycles. The summed E-state index contributed by atoms with van der Waals surface area (Å²) < 4.78 is 13.5. The van der Waals surface area contributed by atoms with Crippen LogP contribution in [0.5, 0.6) is 0 Å². The number of fused-ring (bicyclic) bond motifs is 2. The molecule has 1 aromatic rings. The Morgan fingerprint density at radius 2 is 2.00 bits per heavy atom. The highest BCUT2D eigenvalue weighted by molar-refractivity contribution is 6.58. The van der Waals surface area contributed by atoms with Crippen molar-refractivity contribution in [3.05, 3.63) is 29.6 Å². The first-order chi connectivity index (χ1) is 10.0. The van der Waals surface area contributed by atoms with Gasteiger partial charge in [-0.1, -0.05) is 12.1 Å². The summed E-state index contributed by atoms with van der Waals surface area (Å²) in [6.07, 6.45) is 3.72. The second-order valence-corrected chi connectivity index (χ2v) is 6.30. The fourth-order valence-electron chi connectivity index (χ4n) is 3.67. The molecule has 2 aliphatic heterocycles. The average Bonchev–Trinajstić information content (AvgIpc) is 2.69. The van der Waals surface area contributed by atoms with Crippen molar-refractivity contribution >= 4 is 12.6 Å². The van der Waals surface area contributed by atoms with E-state index in [1.807, 2.05) is 0 Å². The van der Waals surface area contributed by atoms with Crippen LogP contribution in [0.3, 0.4) is 0 Å². The van der Waals surface area contributed by atoms with Crippen LogP contribution in [0.15, 0.2) is 18.2 Å². The summed E-state index contributed by atoms with van der Waals surface area (Å²) in [5.74, 6) is -0.566. The second kappa shape index (κ2) is 6.05. The molecule has 6 heteroatoms. The van der Waals surface area contributed by atoms with E-state index >= 15 is 0 Å². The van der Waals surface area contributed by atoms with Crippen LogP contribution >= 0.6 is 0 Å². The minimum Gasteiger partial charge on any atom is -0.423 e. The minimum absolute atomic E-state index is 0.0408. The van der Waals surface area contributed by atoms with Gasteiger partial charge in [0.1, 0.15) is 5.82 Å². The van der Waals surface area contributed by atoms with Crippen LogP contribution in [0.4, 0.5) is 4.39 Å². The van der Waals surface area contributed by atoms with Crippen molar-refractivity contribution in [2.45, 2.75) is 37.9 Å². The van der Waals surface area contributed by atoms with Gasteiger partial charge in [0.2, 0.25) is 0 Å². The lowest BCUT2D eigenvalue weighted by molar-refractivity contribution is 0.214. The molecule has 2 N–H and O–H groups in total. The topological polar surface area (TPSA) is 46.9 Å². The third-order valence-electron chi connectivity index (χ3n) is 4.98. The zero-order chi connectivity index (χ0) is 15.0. The van der Waals surface area contributed by atoms with Crippen molar-refractivity contribution in [3.8, 4) is 0 Å². The summed E-state index contributed by atoms with van der Waals surface area (Å²) in [6, 6.07) is 5.92. The minimum atomic E-state index is -1.75. The van der Waals surface area contributed by atoms with Crippen LogP contribution in [0, 0.1) is 5.82 Å². The van der Waals surface area contributed by atoms with Crippen LogP contribution in [-0.4, -0.2) is 59.2 Å². The van der Waals surface area contributed by atoms with Gasteiger partial charge in [-0.05, 0) is 37.9 Å². The predicted octanol–water partition coefficient (Wildman–Crippen LogP) is 0.174. The molecule has 2 bridgehead atoms. The molecule has 0 aliphatic carbocycles. The summed E-state index contributed by atoms with van der Waals surface area (Å²) >= 11 is 0. The van der Waals surface area contributed by atoms with Crippen LogP contribution in [0.2, 0.25) is 0 Å². The highest BCUT2D eigenvalue weighted by atomic mass is 19.1. The number of likely N-dealkylation sites (N-methyl/N-ethyl adjacent to an activating group) is 1. The van der Waals surface area contributed by atoms with Gasteiger partial charge >= 0.3 is 7.12 Å². The van der Waals surface area contributed by atoms with E-state index in [1.54, 1.807) is 12.1 Å².